The maximum Gasteiger partial charge on any atom is 0.280 e. The van der Waals surface area contributed by atoms with Gasteiger partial charge >= 0.3 is 0 Å². The SMILES string of the molecule is Cc1cc(C(F)F)n2ncc(C(=O)Nc3ncc(-c4ccc(F)cc4)n3C)c2n1. The zero-order chi connectivity index (χ0) is 20.7. The van der Waals surface area contributed by atoms with E-state index in [4.69, 9.17) is 0 Å². The topological polar surface area (TPSA) is 77.1 Å². The fourth-order valence-corrected chi connectivity index (χ4v) is 3.01. The molecule has 148 valence electrons. The van der Waals surface area contributed by atoms with E-state index in [1.165, 1.54) is 30.6 Å². The Hall–Kier alpha value is -3.69. The van der Waals surface area contributed by atoms with Gasteiger partial charge in [0.05, 0.1) is 18.1 Å². The average molecular weight is 400 g/mol. The fraction of sp³-hybridized carbons (Fsp3) is 0.158. The van der Waals surface area contributed by atoms with Gasteiger partial charge < -0.3 is 4.57 Å². The summed E-state index contributed by atoms with van der Waals surface area (Å²) in [5.74, 6) is -0.712. The zero-order valence-corrected chi connectivity index (χ0v) is 15.4. The number of amides is 1. The molecule has 0 aliphatic heterocycles. The lowest BCUT2D eigenvalue weighted by Gasteiger charge is -2.08. The molecule has 0 saturated heterocycles. The summed E-state index contributed by atoms with van der Waals surface area (Å²) in [6.45, 7) is 1.56. The molecule has 0 aliphatic rings. The molecule has 29 heavy (non-hydrogen) atoms. The van der Waals surface area contributed by atoms with Gasteiger partial charge in [0, 0.05) is 18.3 Å². The first kappa shape index (κ1) is 18.7. The van der Waals surface area contributed by atoms with Crippen molar-refractivity contribution in [2.75, 3.05) is 5.32 Å². The second-order valence-electron chi connectivity index (χ2n) is 6.40. The average Bonchev–Trinajstić information content (AvgIpc) is 3.26. The van der Waals surface area contributed by atoms with Crippen molar-refractivity contribution in [1.82, 2.24) is 24.1 Å². The number of imidazole rings is 1. The first-order valence-electron chi connectivity index (χ1n) is 8.57. The summed E-state index contributed by atoms with van der Waals surface area (Å²) in [5.41, 5.74) is 1.46. The molecule has 10 heteroatoms. The van der Waals surface area contributed by atoms with Crippen LogP contribution in [0.25, 0.3) is 16.9 Å². The summed E-state index contributed by atoms with van der Waals surface area (Å²) >= 11 is 0. The summed E-state index contributed by atoms with van der Waals surface area (Å²) < 4.78 is 42.2. The van der Waals surface area contributed by atoms with Gasteiger partial charge in [-0.2, -0.15) is 5.10 Å². The molecule has 0 radical (unpaired) electrons. The molecular formula is C19H15F3N6O. The molecule has 1 aromatic carbocycles. The minimum atomic E-state index is -2.76. The van der Waals surface area contributed by atoms with Crippen LogP contribution in [0.2, 0.25) is 0 Å². The lowest BCUT2D eigenvalue weighted by Crippen LogP contribution is -2.15. The highest BCUT2D eigenvalue weighted by molar-refractivity contribution is 6.07. The van der Waals surface area contributed by atoms with Crippen molar-refractivity contribution >= 4 is 17.5 Å². The fourth-order valence-electron chi connectivity index (χ4n) is 3.01. The largest absolute Gasteiger partial charge is 0.313 e. The molecule has 4 rings (SSSR count). The van der Waals surface area contributed by atoms with Crippen LogP contribution >= 0.6 is 0 Å². The Morgan fingerprint density at radius 1 is 1.17 bits per heavy atom. The Balaban J connectivity index is 1.66. The Kier molecular flexibility index (Phi) is 4.53. The van der Waals surface area contributed by atoms with Crippen LogP contribution in [-0.4, -0.2) is 30.1 Å². The third-order valence-electron chi connectivity index (χ3n) is 4.45. The molecular weight excluding hydrogens is 385 g/mol. The van der Waals surface area contributed by atoms with Crippen molar-refractivity contribution in [3.63, 3.8) is 0 Å². The molecule has 0 saturated carbocycles. The van der Waals surface area contributed by atoms with Crippen LogP contribution in [0.1, 0.15) is 28.2 Å². The van der Waals surface area contributed by atoms with Crippen LogP contribution in [-0.2, 0) is 7.05 Å². The third-order valence-corrected chi connectivity index (χ3v) is 4.45. The molecule has 3 aromatic heterocycles. The molecule has 0 aliphatic carbocycles. The highest BCUT2D eigenvalue weighted by Crippen LogP contribution is 2.24. The predicted molar refractivity (Wildman–Crippen MR) is 99.2 cm³/mol. The van der Waals surface area contributed by atoms with E-state index in [1.807, 2.05) is 0 Å². The molecule has 0 unspecified atom stereocenters. The van der Waals surface area contributed by atoms with E-state index in [-0.39, 0.29) is 28.7 Å². The molecule has 3 heterocycles. The maximum atomic E-state index is 13.3. The molecule has 4 aromatic rings. The summed E-state index contributed by atoms with van der Waals surface area (Å²) in [6.07, 6.45) is -0.0360. The molecule has 1 amide bonds. The molecule has 0 spiro atoms. The number of halogens is 3. The summed E-state index contributed by atoms with van der Waals surface area (Å²) in [5, 5.41) is 6.51. The van der Waals surface area contributed by atoms with Gasteiger partial charge in [-0.15, -0.1) is 0 Å². The van der Waals surface area contributed by atoms with Crippen LogP contribution in [0.15, 0.2) is 42.7 Å². The van der Waals surface area contributed by atoms with E-state index in [1.54, 1.807) is 30.7 Å². The van der Waals surface area contributed by atoms with Gasteiger partial charge in [-0.3, -0.25) is 10.1 Å². The lowest BCUT2D eigenvalue weighted by molar-refractivity contribution is 0.102. The van der Waals surface area contributed by atoms with Crippen molar-refractivity contribution in [1.29, 1.82) is 0 Å². The Morgan fingerprint density at radius 2 is 1.90 bits per heavy atom. The highest BCUT2D eigenvalue weighted by atomic mass is 19.3. The molecule has 1 N–H and O–H groups in total. The van der Waals surface area contributed by atoms with E-state index in [9.17, 15) is 18.0 Å². The standard InChI is InChI=1S/C19H15F3N6O/c1-10-7-14(16(21)22)28-17(25-10)13(8-24-28)18(29)26-19-23-9-15(27(19)2)11-3-5-12(20)6-4-11/h3-9,16H,1-2H3,(H,23,26,29). The number of hydrogen-bond donors (Lipinski definition) is 1. The van der Waals surface area contributed by atoms with Crippen molar-refractivity contribution in [3.8, 4) is 11.3 Å². The van der Waals surface area contributed by atoms with E-state index >= 15 is 0 Å². The second-order valence-corrected chi connectivity index (χ2v) is 6.40. The molecule has 0 fully saturated rings. The normalized spacial score (nSPS) is 11.4. The van der Waals surface area contributed by atoms with E-state index < -0.39 is 12.3 Å². The number of carbonyl (C=O) groups excluding carboxylic acids is 1. The monoisotopic (exact) mass is 400 g/mol. The van der Waals surface area contributed by atoms with Crippen LogP contribution in [0.4, 0.5) is 19.1 Å². The van der Waals surface area contributed by atoms with Crippen LogP contribution < -0.4 is 5.32 Å². The Morgan fingerprint density at radius 3 is 2.59 bits per heavy atom. The molecule has 7 nitrogen and oxygen atoms in total. The number of fused-ring (bicyclic) bond motifs is 1. The van der Waals surface area contributed by atoms with Gasteiger partial charge in [0.15, 0.2) is 5.65 Å². The number of hydrogen-bond acceptors (Lipinski definition) is 4. The number of aromatic nitrogens is 5. The molecule has 0 bridgehead atoms. The van der Waals surface area contributed by atoms with E-state index in [0.29, 0.717) is 11.4 Å². The highest BCUT2D eigenvalue weighted by Gasteiger charge is 2.21. The maximum absolute atomic E-state index is 13.3. The number of alkyl halides is 2. The number of anilines is 1. The van der Waals surface area contributed by atoms with Gasteiger partial charge in [-0.05, 0) is 37.3 Å². The third kappa shape index (κ3) is 3.33. The van der Waals surface area contributed by atoms with E-state index in [0.717, 1.165) is 10.1 Å². The van der Waals surface area contributed by atoms with Gasteiger partial charge in [0.25, 0.3) is 12.3 Å². The number of carbonyl (C=O) groups is 1. The smallest absolute Gasteiger partial charge is 0.280 e. The van der Waals surface area contributed by atoms with Crippen molar-refractivity contribution < 1.29 is 18.0 Å². The van der Waals surface area contributed by atoms with Gasteiger partial charge in [0.2, 0.25) is 5.95 Å². The Labute approximate surface area is 162 Å². The minimum Gasteiger partial charge on any atom is -0.313 e. The lowest BCUT2D eigenvalue weighted by atomic mass is 10.2. The Bertz CT molecular complexity index is 1210. The second kappa shape index (κ2) is 7.04. The summed E-state index contributed by atoms with van der Waals surface area (Å²) in [4.78, 5) is 21.1. The number of aryl methyl sites for hydroxylation is 1. The molecule has 0 atom stereocenters. The number of rotatable bonds is 4. The quantitative estimate of drug-likeness (QED) is 0.566. The van der Waals surface area contributed by atoms with Crippen molar-refractivity contribution in [2.24, 2.45) is 7.05 Å². The van der Waals surface area contributed by atoms with Gasteiger partial charge in [-0.25, -0.2) is 27.7 Å². The number of nitrogens with zero attached hydrogens (tertiary/aromatic N) is 5. The first-order valence-corrected chi connectivity index (χ1v) is 8.57. The number of benzene rings is 1. The summed E-state index contributed by atoms with van der Waals surface area (Å²) in [7, 11) is 1.69. The predicted octanol–water partition coefficient (Wildman–Crippen LogP) is 3.77. The number of nitrogens with one attached hydrogen (secondary N) is 1. The van der Waals surface area contributed by atoms with Crippen LogP contribution in [0.3, 0.4) is 0 Å². The van der Waals surface area contributed by atoms with Crippen LogP contribution in [0, 0.1) is 12.7 Å². The van der Waals surface area contributed by atoms with Gasteiger partial charge in [-0.1, -0.05) is 0 Å². The van der Waals surface area contributed by atoms with E-state index in [2.05, 4.69) is 20.4 Å². The van der Waals surface area contributed by atoms with Crippen molar-refractivity contribution in [3.05, 3.63) is 65.5 Å². The van der Waals surface area contributed by atoms with Crippen molar-refractivity contribution in [2.45, 2.75) is 13.3 Å². The minimum absolute atomic E-state index is 0.0331. The first-order chi connectivity index (χ1) is 13.8. The summed E-state index contributed by atoms with van der Waals surface area (Å²) in [6, 6.07) is 7.08. The zero-order valence-electron chi connectivity index (χ0n) is 15.4. The van der Waals surface area contributed by atoms with Gasteiger partial charge in [0.1, 0.15) is 17.1 Å². The van der Waals surface area contributed by atoms with Crippen LogP contribution in [0.5, 0.6) is 0 Å².